The number of nitrogens with one attached hydrogen (secondary N) is 2. The highest BCUT2D eigenvalue weighted by Crippen LogP contribution is 2.25. The van der Waals surface area contributed by atoms with Gasteiger partial charge in [-0.25, -0.2) is 4.98 Å². The molecule has 35 heavy (non-hydrogen) atoms. The third kappa shape index (κ3) is 6.38. The number of rotatable bonds is 11. The molecule has 2 heterocycles. The van der Waals surface area contributed by atoms with Crippen molar-refractivity contribution in [3.63, 3.8) is 0 Å². The molecule has 1 amide bonds. The molecule has 0 fully saturated rings. The molecular weight excluding hydrogens is 444 g/mol. The van der Waals surface area contributed by atoms with Gasteiger partial charge in [-0.05, 0) is 68.3 Å². The SMILES string of the molecule is CC(C)(Cc1ccc(Oc2ncccc2C(N)=O)cc1)NC[C@@H](O)COc1cccc2[nH]ccc12. The topological polar surface area (TPSA) is 122 Å². The number of aliphatic hydroxyl groups excluding tert-OH is 1. The molecule has 0 unspecified atom stereocenters. The van der Waals surface area contributed by atoms with Gasteiger partial charge in [0.05, 0.1) is 0 Å². The summed E-state index contributed by atoms with van der Waals surface area (Å²) in [6.45, 7) is 4.75. The Morgan fingerprint density at radius 2 is 1.94 bits per heavy atom. The molecule has 0 aliphatic carbocycles. The summed E-state index contributed by atoms with van der Waals surface area (Å²) >= 11 is 0. The van der Waals surface area contributed by atoms with Crippen molar-refractivity contribution in [1.29, 1.82) is 0 Å². The van der Waals surface area contributed by atoms with Crippen molar-refractivity contribution < 1.29 is 19.4 Å². The minimum absolute atomic E-state index is 0.179. The van der Waals surface area contributed by atoms with Gasteiger partial charge in [-0.15, -0.1) is 0 Å². The second-order valence-corrected chi connectivity index (χ2v) is 9.07. The molecule has 0 saturated carbocycles. The van der Waals surface area contributed by atoms with Gasteiger partial charge < -0.3 is 30.6 Å². The number of benzene rings is 2. The summed E-state index contributed by atoms with van der Waals surface area (Å²) in [6.07, 6.45) is 3.49. The van der Waals surface area contributed by atoms with E-state index in [1.807, 2.05) is 54.7 Å². The van der Waals surface area contributed by atoms with E-state index >= 15 is 0 Å². The molecule has 0 spiro atoms. The second kappa shape index (κ2) is 10.6. The number of aromatic amines is 1. The number of fused-ring (bicyclic) bond motifs is 1. The van der Waals surface area contributed by atoms with Crippen LogP contribution < -0.4 is 20.5 Å². The molecule has 0 radical (unpaired) electrons. The van der Waals surface area contributed by atoms with Crippen LogP contribution in [0.2, 0.25) is 0 Å². The molecule has 4 aromatic rings. The molecule has 2 aromatic carbocycles. The number of aliphatic hydroxyl groups is 1. The third-order valence-electron chi connectivity index (χ3n) is 5.62. The molecular formula is C27H30N4O4. The number of hydrogen-bond donors (Lipinski definition) is 4. The number of nitrogens with two attached hydrogens (primary N) is 1. The first-order valence-corrected chi connectivity index (χ1v) is 11.4. The number of ether oxygens (including phenoxy) is 2. The van der Waals surface area contributed by atoms with Crippen molar-refractivity contribution in [2.45, 2.75) is 31.9 Å². The van der Waals surface area contributed by atoms with E-state index in [-0.39, 0.29) is 23.6 Å². The number of H-pyrrole nitrogens is 1. The van der Waals surface area contributed by atoms with Crippen LogP contribution in [0.1, 0.15) is 29.8 Å². The maximum absolute atomic E-state index is 11.6. The number of nitrogens with zero attached hydrogens (tertiary/aromatic N) is 1. The van der Waals surface area contributed by atoms with E-state index < -0.39 is 12.0 Å². The van der Waals surface area contributed by atoms with Crippen LogP contribution in [-0.4, -0.2) is 45.8 Å². The fraction of sp³-hybridized carbons (Fsp3) is 0.259. The van der Waals surface area contributed by atoms with Crippen molar-refractivity contribution in [1.82, 2.24) is 15.3 Å². The number of primary amides is 1. The van der Waals surface area contributed by atoms with Gasteiger partial charge in [-0.2, -0.15) is 0 Å². The number of β-amino-alcohol motifs (C(OH)–C–C–N with tert-alkyl or cyclic N) is 1. The predicted octanol–water partition coefficient (Wildman–Crippen LogP) is 3.80. The van der Waals surface area contributed by atoms with Gasteiger partial charge in [0.15, 0.2) is 0 Å². The van der Waals surface area contributed by atoms with Crippen LogP contribution in [-0.2, 0) is 6.42 Å². The molecule has 5 N–H and O–H groups in total. The monoisotopic (exact) mass is 474 g/mol. The largest absolute Gasteiger partial charge is 0.490 e. The zero-order valence-electron chi connectivity index (χ0n) is 19.8. The summed E-state index contributed by atoms with van der Waals surface area (Å²) in [7, 11) is 0. The zero-order valence-corrected chi connectivity index (χ0v) is 19.8. The van der Waals surface area contributed by atoms with Gasteiger partial charge in [0.2, 0.25) is 5.88 Å². The van der Waals surface area contributed by atoms with Crippen molar-refractivity contribution >= 4 is 16.8 Å². The molecule has 8 nitrogen and oxygen atoms in total. The standard InChI is InChI=1S/C27H30N4O4/c1-27(2,31-16-19(32)17-34-24-7-3-6-23-21(24)12-14-29-23)15-18-8-10-20(11-9-18)35-26-22(25(28)33)5-4-13-30-26/h3-14,19,29,31-32H,15-17H2,1-2H3,(H2,28,33)/t19-/m1/s1. The summed E-state index contributed by atoms with van der Waals surface area (Å²) in [5.41, 5.74) is 7.45. The van der Waals surface area contributed by atoms with Crippen LogP contribution in [0.15, 0.2) is 73.1 Å². The van der Waals surface area contributed by atoms with Gasteiger partial charge >= 0.3 is 0 Å². The van der Waals surface area contributed by atoms with E-state index in [0.717, 1.165) is 28.6 Å². The number of aromatic nitrogens is 2. The maximum Gasteiger partial charge on any atom is 0.254 e. The summed E-state index contributed by atoms with van der Waals surface area (Å²) in [6, 6.07) is 18.6. The van der Waals surface area contributed by atoms with Crippen molar-refractivity contribution in [3.8, 4) is 17.4 Å². The Hall–Kier alpha value is -3.88. The Kier molecular flexibility index (Phi) is 7.33. The fourth-order valence-corrected chi connectivity index (χ4v) is 3.84. The van der Waals surface area contributed by atoms with Gasteiger partial charge in [0.1, 0.15) is 29.8 Å². The maximum atomic E-state index is 11.6. The lowest BCUT2D eigenvalue weighted by Gasteiger charge is -2.28. The fourth-order valence-electron chi connectivity index (χ4n) is 3.84. The Labute approximate surface area is 204 Å². The van der Waals surface area contributed by atoms with E-state index in [0.29, 0.717) is 12.3 Å². The number of hydrogen-bond acceptors (Lipinski definition) is 6. The molecule has 182 valence electrons. The van der Waals surface area contributed by atoms with Crippen molar-refractivity contribution in [2.24, 2.45) is 5.73 Å². The third-order valence-corrected chi connectivity index (χ3v) is 5.62. The molecule has 0 saturated heterocycles. The van der Waals surface area contributed by atoms with Crippen molar-refractivity contribution in [3.05, 3.63) is 84.2 Å². The first kappa shape index (κ1) is 24.3. The van der Waals surface area contributed by atoms with Crippen LogP contribution in [0.5, 0.6) is 17.4 Å². The number of pyridine rings is 1. The summed E-state index contributed by atoms with van der Waals surface area (Å²) in [4.78, 5) is 18.8. The number of carbonyl (C=O) groups is 1. The predicted molar refractivity (Wildman–Crippen MR) is 135 cm³/mol. The van der Waals surface area contributed by atoms with Crippen LogP contribution >= 0.6 is 0 Å². The average Bonchev–Trinajstić information content (AvgIpc) is 3.32. The van der Waals surface area contributed by atoms with E-state index in [4.69, 9.17) is 15.2 Å². The molecule has 8 heteroatoms. The Balaban J connectivity index is 1.28. The molecule has 0 aliphatic heterocycles. The smallest absolute Gasteiger partial charge is 0.254 e. The lowest BCUT2D eigenvalue weighted by atomic mass is 9.94. The van der Waals surface area contributed by atoms with Gasteiger partial charge in [-0.3, -0.25) is 4.79 Å². The van der Waals surface area contributed by atoms with Gasteiger partial charge in [0.25, 0.3) is 5.91 Å². The number of carbonyl (C=O) groups excluding carboxylic acids is 1. The lowest BCUT2D eigenvalue weighted by molar-refractivity contribution is 0.0995. The van der Waals surface area contributed by atoms with Gasteiger partial charge in [-0.1, -0.05) is 18.2 Å². The summed E-state index contributed by atoms with van der Waals surface area (Å²) < 4.78 is 11.6. The lowest BCUT2D eigenvalue weighted by Crippen LogP contribution is -2.46. The first-order valence-electron chi connectivity index (χ1n) is 11.4. The van der Waals surface area contributed by atoms with Crippen LogP contribution in [0.25, 0.3) is 10.9 Å². The van der Waals surface area contributed by atoms with E-state index in [9.17, 15) is 9.90 Å². The quantitative estimate of drug-likeness (QED) is 0.262. The first-order chi connectivity index (χ1) is 16.8. The van der Waals surface area contributed by atoms with Crippen molar-refractivity contribution in [2.75, 3.05) is 13.2 Å². The highest BCUT2D eigenvalue weighted by Gasteiger charge is 2.20. The Morgan fingerprint density at radius 1 is 1.14 bits per heavy atom. The van der Waals surface area contributed by atoms with Gasteiger partial charge in [0, 0.05) is 35.4 Å². The highest BCUT2D eigenvalue weighted by atomic mass is 16.5. The van der Waals surface area contributed by atoms with Crippen LogP contribution in [0, 0.1) is 0 Å². The molecule has 1 atom stereocenters. The Bertz CT molecular complexity index is 1280. The van der Waals surface area contributed by atoms with E-state index in [1.54, 1.807) is 18.3 Å². The molecule has 4 rings (SSSR count). The Morgan fingerprint density at radius 3 is 2.71 bits per heavy atom. The second-order valence-electron chi connectivity index (χ2n) is 9.07. The summed E-state index contributed by atoms with van der Waals surface area (Å²) in [5.74, 6) is 0.897. The number of amides is 1. The van der Waals surface area contributed by atoms with E-state index in [2.05, 4.69) is 29.1 Å². The molecule has 0 aliphatic rings. The highest BCUT2D eigenvalue weighted by molar-refractivity contribution is 5.95. The minimum Gasteiger partial charge on any atom is -0.490 e. The van der Waals surface area contributed by atoms with E-state index in [1.165, 1.54) is 0 Å². The van der Waals surface area contributed by atoms with Crippen LogP contribution in [0.4, 0.5) is 0 Å². The normalized spacial score (nSPS) is 12.4. The average molecular weight is 475 g/mol. The minimum atomic E-state index is -0.655. The zero-order chi connectivity index (χ0) is 24.8. The summed E-state index contributed by atoms with van der Waals surface area (Å²) in [5, 5.41) is 14.9. The molecule has 2 aromatic heterocycles. The van der Waals surface area contributed by atoms with Crippen LogP contribution in [0.3, 0.4) is 0 Å². The molecule has 0 bridgehead atoms.